The zero-order valence-electron chi connectivity index (χ0n) is 12.3. The third-order valence-electron chi connectivity index (χ3n) is 2.72. The Hall–Kier alpha value is -1.71. The second kappa shape index (κ2) is 8.23. The van der Waals surface area contributed by atoms with Crippen LogP contribution in [0, 0.1) is 6.92 Å². The number of amides is 2. The van der Waals surface area contributed by atoms with Crippen molar-refractivity contribution in [3.05, 3.63) is 28.1 Å². The number of aromatic nitrogens is 1. The Labute approximate surface area is 145 Å². The van der Waals surface area contributed by atoms with Gasteiger partial charge in [0, 0.05) is 12.8 Å². The van der Waals surface area contributed by atoms with Gasteiger partial charge in [-0.3, -0.25) is 14.4 Å². The summed E-state index contributed by atoms with van der Waals surface area (Å²) in [7, 11) is 0. The Morgan fingerprint density at radius 1 is 1.35 bits per heavy atom. The van der Waals surface area contributed by atoms with Gasteiger partial charge >= 0.3 is 0 Å². The Kier molecular flexibility index (Phi) is 6.31. The molecule has 0 aromatic carbocycles. The summed E-state index contributed by atoms with van der Waals surface area (Å²) in [6, 6.07) is 3.55. The minimum Gasteiger partial charge on any atom is -0.369 e. The number of Topliss-reactive ketones (excluding diaryl/α,β-unsaturated/α-hetero) is 1. The SMILES string of the molecule is Cc1nc(NC(=O)CCC(=O)c2cccs2)sc1SCC(N)=O. The van der Waals surface area contributed by atoms with Crippen molar-refractivity contribution in [3.63, 3.8) is 0 Å². The van der Waals surface area contributed by atoms with Crippen LogP contribution in [0.4, 0.5) is 5.13 Å². The number of carbonyl (C=O) groups excluding carboxylic acids is 3. The number of nitrogens with two attached hydrogens (primary N) is 1. The number of thiophene rings is 1. The lowest BCUT2D eigenvalue weighted by Crippen LogP contribution is -2.13. The molecule has 0 bridgehead atoms. The van der Waals surface area contributed by atoms with Crippen LogP contribution in [0.5, 0.6) is 0 Å². The highest BCUT2D eigenvalue weighted by Gasteiger charge is 2.14. The Morgan fingerprint density at radius 3 is 2.78 bits per heavy atom. The first-order valence-corrected chi connectivity index (χ1v) is 9.39. The number of hydrogen-bond donors (Lipinski definition) is 2. The largest absolute Gasteiger partial charge is 0.369 e. The summed E-state index contributed by atoms with van der Waals surface area (Å²) in [6.45, 7) is 1.80. The summed E-state index contributed by atoms with van der Waals surface area (Å²) in [6.07, 6.45) is 0.277. The number of ketones is 1. The van der Waals surface area contributed by atoms with Crippen LogP contribution in [0.3, 0.4) is 0 Å². The van der Waals surface area contributed by atoms with Crippen LogP contribution in [0.15, 0.2) is 21.7 Å². The molecule has 3 N–H and O–H groups in total. The molecule has 0 unspecified atom stereocenters. The van der Waals surface area contributed by atoms with Gasteiger partial charge in [-0.05, 0) is 18.4 Å². The Morgan fingerprint density at radius 2 is 2.13 bits per heavy atom. The predicted octanol–water partition coefficient (Wildman–Crippen LogP) is 2.69. The van der Waals surface area contributed by atoms with E-state index in [1.807, 2.05) is 11.4 Å². The third kappa shape index (κ3) is 5.45. The first-order chi connectivity index (χ1) is 11.0. The molecule has 0 saturated carbocycles. The second-order valence-corrected chi connectivity index (χ2v) is 7.79. The van der Waals surface area contributed by atoms with Gasteiger partial charge in [0.15, 0.2) is 10.9 Å². The quantitative estimate of drug-likeness (QED) is 0.550. The van der Waals surface area contributed by atoms with Crippen LogP contribution < -0.4 is 11.1 Å². The van der Waals surface area contributed by atoms with E-state index >= 15 is 0 Å². The van der Waals surface area contributed by atoms with Crippen LogP contribution in [0.1, 0.15) is 28.2 Å². The van der Waals surface area contributed by atoms with Crippen LogP contribution in [0.2, 0.25) is 0 Å². The lowest BCUT2D eigenvalue weighted by molar-refractivity contribution is -0.116. The number of hydrogen-bond acceptors (Lipinski definition) is 7. The number of anilines is 1. The summed E-state index contributed by atoms with van der Waals surface area (Å²) in [4.78, 5) is 39.4. The first-order valence-electron chi connectivity index (χ1n) is 6.71. The maximum Gasteiger partial charge on any atom is 0.227 e. The van der Waals surface area contributed by atoms with Crippen molar-refractivity contribution in [3.8, 4) is 0 Å². The van der Waals surface area contributed by atoms with E-state index in [1.54, 1.807) is 13.0 Å². The predicted molar refractivity (Wildman–Crippen MR) is 93.3 cm³/mol. The molecule has 0 saturated heterocycles. The average Bonchev–Trinajstić information content (AvgIpc) is 3.12. The molecule has 0 fully saturated rings. The molecule has 0 aliphatic heterocycles. The molecule has 9 heteroatoms. The normalized spacial score (nSPS) is 10.5. The number of thioether (sulfide) groups is 1. The molecule has 23 heavy (non-hydrogen) atoms. The van der Waals surface area contributed by atoms with E-state index in [0.29, 0.717) is 10.0 Å². The van der Waals surface area contributed by atoms with Crippen LogP contribution in [0.25, 0.3) is 0 Å². The van der Waals surface area contributed by atoms with E-state index in [2.05, 4.69) is 10.3 Å². The highest BCUT2D eigenvalue weighted by atomic mass is 32.2. The van der Waals surface area contributed by atoms with E-state index in [-0.39, 0.29) is 30.3 Å². The van der Waals surface area contributed by atoms with Crippen molar-refractivity contribution >= 4 is 57.2 Å². The lowest BCUT2D eigenvalue weighted by Gasteiger charge is -2.00. The van der Waals surface area contributed by atoms with Crippen LogP contribution >= 0.6 is 34.4 Å². The standard InChI is InChI=1S/C14H15N3O3S3/c1-8-13(22-7-11(15)19)23-14(16-8)17-12(20)5-4-9(18)10-3-2-6-21-10/h2-3,6H,4-5,7H2,1H3,(H2,15,19)(H,16,17,20). The lowest BCUT2D eigenvalue weighted by atomic mass is 10.2. The van der Waals surface area contributed by atoms with Crippen LogP contribution in [-0.2, 0) is 9.59 Å². The summed E-state index contributed by atoms with van der Waals surface area (Å²) < 4.78 is 0.841. The van der Waals surface area contributed by atoms with Gasteiger partial charge in [0.2, 0.25) is 11.8 Å². The van der Waals surface area contributed by atoms with Gasteiger partial charge in [-0.25, -0.2) is 4.98 Å². The molecule has 2 aromatic rings. The zero-order valence-corrected chi connectivity index (χ0v) is 14.8. The maximum atomic E-state index is 11.9. The fourth-order valence-corrected chi connectivity index (χ4v) is 4.26. The van der Waals surface area contributed by atoms with Gasteiger partial charge in [0.05, 0.1) is 20.5 Å². The number of aryl methyl sites for hydroxylation is 1. The van der Waals surface area contributed by atoms with Crippen molar-refractivity contribution in [2.24, 2.45) is 5.73 Å². The first kappa shape index (κ1) is 17.6. The molecule has 2 amide bonds. The molecule has 122 valence electrons. The smallest absolute Gasteiger partial charge is 0.227 e. The van der Waals surface area contributed by atoms with E-state index in [9.17, 15) is 14.4 Å². The fourth-order valence-electron chi connectivity index (χ4n) is 1.68. The molecule has 0 aliphatic carbocycles. The van der Waals surface area contributed by atoms with E-state index < -0.39 is 5.91 Å². The minimum absolute atomic E-state index is 0.0387. The van der Waals surface area contributed by atoms with Gasteiger partial charge in [0.1, 0.15) is 0 Å². The van der Waals surface area contributed by atoms with E-state index in [1.165, 1.54) is 34.4 Å². The molecule has 0 atom stereocenters. The maximum absolute atomic E-state index is 11.9. The number of thiazole rings is 1. The number of carbonyl (C=O) groups is 3. The van der Waals surface area contributed by atoms with Crippen molar-refractivity contribution in [2.75, 3.05) is 11.1 Å². The molecular formula is C14H15N3O3S3. The number of nitrogens with zero attached hydrogens (tertiary/aromatic N) is 1. The number of rotatable bonds is 8. The Bertz CT molecular complexity index is 710. The Balaban J connectivity index is 1.84. The van der Waals surface area contributed by atoms with Gasteiger partial charge < -0.3 is 11.1 Å². The van der Waals surface area contributed by atoms with Crippen LogP contribution in [-0.4, -0.2) is 28.3 Å². The molecule has 2 rings (SSSR count). The van der Waals surface area contributed by atoms with Crippen molar-refractivity contribution in [1.82, 2.24) is 4.98 Å². The molecule has 0 spiro atoms. The van der Waals surface area contributed by atoms with E-state index in [0.717, 1.165) is 9.90 Å². The number of nitrogens with one attached hydrogen (secondary N) is 1. The molecule has 2 heterocycles. The number of primary amides is 1. The molecule has 0 aliphatic rings. The summed E-state index contributed by atoms with van der Waals surface area (Å²) in [5.41, 5.74) is 5.85. The van der Waals surface area contributed by atoms with Gasteiger partial charge in [-0.15, -0.1) is 23.1 Å². The zero-order chi connectivity index (χ0) is 16.8. The topological polar surface area (TPSA) is 102 Å². The third-order valence-corrected chi connectivity index (χ3v) is 6.09. The average molecular weight is 369 g/mol. The minimum atomic E-state index is -0.402. The highest BCUT2D eigenvalue weighted by molar-refractivity contribution is 8.01. The van der Waals surface area contributed by atoms with Gasteiger partial charge in [-0.1, -0.05) is 17.4 Å². The van der Waals surface area contributed by atoms with Crippen molar-refractivity contribution < 1.29 is 14.4 Å². The second-order valence-electron chi connectivity index (χ2n) is 4.60. The molecule has 6 nitrogen and oxygen atoms in total. The van der Waals surface area contributed by atoms with Crippen molar-refractivity contribution in [2.45, 2.75) is 24.0 Å². The summed E-state index contributed by atoms with van der Waals surface area (Å²) in [5, 5.41) is 4.97. The molecule has 2 aromatic heterocycles. The van der Waals surface area contributed by atoms with E-state index in [4.69, 9.17) is 5.73 Å². The molecular weight excluding hydrogens is 354 g/mol. The molecule has 0 radical (unpaired) electrons. The fraction of sp³-hybridized carbons (Fsp3) is 0.286. The van der Waals surface area contributed by atoms with Crippen molar-refractivity contribution in [1.29, 1.82) is 0 Å². The summed E-state index contributed by atoms with van der Waals surface area (Å²) in [5.74, 6) is -0.523. The van der Waals surface area contributed by atoms with Gasteiger partial charge in [-0.2, -0.15) is 0 Å². The summed E-state index contributed by atoms with van der Waals surface area (Å²) >= 11 is 3.96. The van der Waals surface area contributed by atoms with Gasteiger partial charge in [0.25, 0.3) is 0 Å². The monoisotopic (exact) mass is 369 g/mol. The highest BCUT2D eigenvalue weighted by Crippen LogP contribution is 2.31.